The van der Waals surface area contributed by atoms with Crippen molar-refractivity contribution in [2.45, 2.75) is 0 Å². The topological polar surface area (TPSA) is 77.3 Å². The summed E-state index contributed by atoms with van der Waals surface area (Å²) in [6.07, 6.45) is 5.67. The van der Waals surface area contributed by atoms with Gasteiger partial charge in [0.15, 0.2) is 0 Å². The van der Waals surface area contributed by atoms with Crippen LogP contribution in [-0.4, -0.2) is 29.9 Å². The number of fused-ring (bicyclic) bond motifs is 17. The van der Waals surface area contributed by atoms with E-state index in [2.05, 4.69) is 392 Å². The quantitative estimate of drug-likeness (QED) is 0.134. The van der Waals surface area contributed by atoms with E-state index in [1.807, 2.05) is 42.1 Å². The Balaban J connectivity index is 0.000000112. The fourth-order valence-electron chi connectivity index (χ4n) is 16.7. The van der Waals surface area contributed by atoms with Crippen molar-refractivity contribution in [3.8, 4) is 101 Å². The standard InChI is InChI=1S/C44H28N2.C40H24N2S.C24H16N2/c1-3-13-31(14-4-1)39-27-41(35-21-19-29-11-7-9-17-33(29)25-35)45-43-37(39)23-24-38-40(32-15-5-2-6-16-32)28-42(46-44(38)43)36-22-20-30-12-8-10-18-34(30)26-36;1-3-17-33-30(14-1)31-15-2-4-18-34(31)39-38(33)41-24-36(42-39)28-13-8-11-26(23-28)25-10-7-12-27(22-25)29-19-9-20-35-32-16-5-6-21-37(32)43-40(29)35;1-3-7-17(8-4-1)19-13-15-25-23-21(19)11-12-22-20(14-16-26-24(22)23)18-9-5-2-6-10-18/h1-28H;1-24H;1-16H. The minimum atomic E-state index is 0.876. The van der Waals surface area contributed by atoms with Crippen molar-refractivity contribution in [2.24, 2.45) is 0 Å². The molecular formula is C108H68N6S. The highest BCUT2D eigenvalue weighted by Crippen LogP contribution is 2.45. The lowest BCUT2D eigenvalue weighted by Crippen LogP contribution is -1.95. The van der Waals surface area contributed by atoms with Gasteiger partial charge in [0.1, 0.15) is 0 Å². The van der Waals surface area contributed by atoms with E-state index in [9.17, 15) is 0 Å². The summed E-state index contributed by atoms with van der Waals surface area (Å²) in [5.74, 6) is 0. The predicted molar refractivity (Wildman–Crippen MR) is 485 cm³/mol. The van der Waals surface area contributed by atoms with E-state index in [0.717, 1.165) is 127 Å². The van der Waals surface area contributed by atoms with Crippen LogP contribution in [0.3, 0.4) is 0 Å². The minimum absolute atomic E-state index is 0.876. The third-order valence-corrected chi connectivity index (χ3v) is 23.5. The third kappa shape index (κ3) is 12.7. The van der Waals surface area contributed by atoms with Crippen molar-refractivity contribution in [2.75, 3.05) is 0 Å². The van der Waals surface area contributed by atoms with E-state index in [1.54, 1.807) is 0 Å². The number of aromatic nitrogens is 6. The molecule has 0 spiro atoms. The number of thiophene rings is 1. The molecule has 6 nitrogen and oxygen atoms in total. The van der Waals surface area contributed by atoms with Crippen molar-refractivity contribution in [3.63, 3.8) is 0 Å². The molecule has 0 aliphatic heterocycles. The molecule has 0 saturated carbocycles. The number of hydrogen-bond donors (Lipinski definition) is 0. The molecule has 0 atom stereocenters. The highest BCUT2D eigenvalue weighted by molar-refractivity contribution is 7.26. The average molecular weight is 1480 g/mol. The Morgan fingerprint density at radius 1 is 0.174 bits per heavy atom. The molecule has 0 fully saturated rings. The van der Waals surface area contributed by atoms with Crippen molar-refractivity contribution < 1.29 is 0 Å². The number of pyridine rings is 4. The van der Waals surface area contributed by atoms with Crippen LogP contribution in [0.25, 0.3) is 218 Å². The molecule has 0 N–H and O–H groups in total. The van der Waals surface area contributed by atoms with Gasteiger partial charge in [-0.3, -0.25) is 15.0 Å². The van der Waals surface area contributed by atoms with Gasteiger partial charge in [0.25, 0.3) is 0 Å². The molecule has 6 aromatic heterocycles. The molecule has 0 saturated heterocycles. The molecule has 23 rings (SSSR count). The first-order valence-electron chi connectivity index (χ1n) is 38.8. The monoisotopic (exact) mass is 1480 g/mol. The van der Waals surface area contributed by atoms with Crippen LogP contribution < -0.4 is 0 Å². The van der Waals surface area contributed by atoms with Crippen LogP contribution in [0, 0.1) is 0 Å². The molecule has 0 aliphatic carbocycles. The molecule has 0 aliphatic rings. The Kier molecular flexibility index (Phi) is 17.4. The van der Waals surface area contributed by atoms with Gasteiger partial charge in [-0.25, -0.2) is 15.0 Å². The number of hydrogen-bond acceptors (Lipinski definition) is 7. The highest BCUT2D eigenvalue weighted by Gasteiger charge is 2.21. The largest absolute Gasteiger partial charge is 0.254 e. The van der Waals surface area contributed by atoms with E-state index in [0.29, 0.717) is 0 Å². The molecule has 0 unspecified atom stereocenters. The van der Waals surface area contributed by atoms with Crippen LogP contribution in [0.15, 0.2) is 413 Å². The van der Waals surface area contributed by atoms with Gasteiger partial charge in [-0.05, 0) is 154 Å². The molecule has 17 aromatic carbocycles. The molecule has 0 radical (unpaired) electrons. The van der Waals surface area contributed by atoms with Crippen LogP contribution in [0.5, 0.6) is 0 Å². The van der Waals surface area contributed by atoms with Crippen LogP contribution in [-0.2, 0) is 0 Å². The molecule has 23 aromatic rings. The zero-order chi connectivity index (χ0) is 76.1. The van der Waals surface area contributed by atoms with Crippen molar-refractivity contribution >= 4 is 129 Å². The van der Waals surface area contributed by atoms with Gasteiger partial charge in [-0.1, -0.05) is 340 Å². The molecule has 0 amide bonds. The Hall–Kier alpha value is -15.0. The van der Waals surface area contributed by atoms with Crippen molar-refractivity contribution in [1.29, 1.82) is 0 Å². The summed E-state index contributed by atoms with van der Waals surface area (Å²) in [7, 11) is 0. The molecule has 6 heterocycles. The first-order chi connectivity index (χ1) is 57.0. The molecular weight excluding hydrogens is 1410 g/mol. The zero-order valence-electron chi connectivity index (χ0n) is 62.4. The number of rotatable bonds is 9. The van der Waals surface area contributed by atoms with Gasteiger partial charge < -0.3 is 0 Å². The van der Waals surface area contributed by atoms with Gasteiger partial charge in [-0.2, -0.15) is 0 Å². The first kappa shape index (κ1) is 68.0. The summed E-state index contributed by atoms with van der Waals surface area (Å²) in [6, 6.07) is 140. The van der Waals surface area contributed by atoms with Gasteiger partial charge >= 0.3 is 0 Å². The van der Waals surface area contributed by atoms with E-state index in [1.165, 1.54) is 91.4 Å². The molecule has 115 heavy (non-hydrogen) atoms. The van der Waals surface area contributed by atoms with Crippen molar-refractivity contribution in [3.05, 3.63) is 413 Å². The summed E-state index contributed by atoms with van der Waals surface area (Å²) in [5, 5.41) is 16.6. The van der Waals surface area contributed by atoms with Crippen LogP contribution in [0.4, 0.5) is 0 Å². The lowest BCUT2D eigenvalue weighted by Gasteiger charge is -2.16. The first-order valence-corrected chi connectivity index (χ1v) is 39.7. The lowest BCUT2D eigenvalue weighted by molar-refractivity contribution is 1.31. The van der Waals surface area contributed by atoms with Gasteiger partial charge in [0.05, 0.1) is 56.4 Å². The fraction of sp³-hybridized carbons (Fsp3) is 0. The van der Waals surface area contributed by atoms with Crippen LogP contribution in [0.2, 0.25) is 0 Å². The van der Waals surface area contributed by atoms with E-state index in [4.69, 9.17) is 19.9 Å². The van der Waals surface area contributed by atoms with Crippen LogP contribution >= 0.6 is 11.3 Å². The number of benzene rings is 17. The molecule has 0 bridgehead atoms. The van der Waals surface area contributed by atoms with E-state index >= 15 is 0 Å². The Morgan fingerprint density at radius 3 is 1.05 bits per heavy atom. The maximum atomic E-state index is 5.42. The number of nitrogens with zero attached hydrogens (tertiary/aromatic N) is 6. The lowest BCUT2D eigenvalue weighted by atomic mass is 9.93. The molecule has 7 heteroatoms. The summed E-state index contributed by atoms with van der Waals surface area (Å²) in [5.41, 5.74) is 25.8. The van der Waals surface area contributed by atoms with Gasteiger partial charge in [0, 0.05) is 81.6 Å². The Labute approximate surface area is 668 Å². The zero-order valence-corrected chi connectivity index (χ0v) is 63.2. The smallest absolute Gasteiger partial charge is 0.0979 e. The van der Waals surface area contributed by atoms with Gasteiger partial charge in [0.2, 0.25) is 0 Å². The fourth-order valence-corrected chi connectivity index (χ4v) is 17.9. The summed E-state index contributed by atoms with van der Waals surface area (Å²) >= 11 is 1.87. The van der Waals surface area contributed by atoms with Crippen LogP contribution in [0.1, 0.15) is 0 Å². The third-order valence-electron chi connectivity index (χ3n) is 22.3. The SMILES string of the molecule is c1cc(-c2cccc(-c3cccc4c3sc3ccccc34)c2)cc(-c2cnc3c4ccccc4c4ccccc4c3n2)c1.c1ccc(-c2cc(-c3ccc4ccccc4c3)nc3c2ccc2c(-c4ccccc4)cc(-c4ccc5ccccc5c4)nc23)cc1.c1ccc(-c2ccnc3c2ccc2c(-c4ccccc4)ccnc23)cc1. The summed E-state index contributed by atoms with van der Waals surface area (Å²) in [6.45, 7) is 0. The second-order valence-electron chi connectivity index (χ2n) is 29.1. The molecule has 536 valence electrons. The average Bonchev–Trinajstić information content (AvgIpc) is 1.34. The second-order valence-corrected chi connectivity index (χ2v) is 30.2. The van der Waals surface area contributed by atoms with E-state index < -0.39 is 0 Å². The maximum Gasteiger partial charge on any atom is 0.0979 e. The van der Waals surface area contributed by atoms with Gasteiger partial charge in [-0.15, -0.1) is 11.3 Å². The maximum absolute atomic E-state index is 5.42. The van der Waals surface area contributed by atoms with Crippen molar-refractivity contribution in [1.82, 2.24) is 29.9 Å². The Bertz CT molecular complexity index is 7400. The predicted octanol–water partition coefficient (Wildman–Crippen LogP) is 29.2. The summed E-state index contributed by atoms with van der Waals surface area (Å²) in [4.78, 5) is 30.4. The summed E-state index contributed by atoms with van der Waals surface area (Å²) < 4.78 is 2.66. The minimum Gasteiger partial charge on any atom is -0.254 e. The normalized spacial score (nSPS) is 11.5. The second kappa shape index (κ2) is 29.3. The Morgan fingerprint density at radius 2 is 0.530 bits per heavy atom. The highest BCUT2D eigenvalue weighted by atomic mass is 32.1. The van der Waals surface area contributed by atoms with E-state index in [-0.39, 0.29) is 0 Å².